The van der Waals surface area contributed by atoms with Crippen molar-refractivity contribution in [2.75, 3.05) is 20.8 Å². The third kappa shape index (κ3) is 6.58. The second-order valence-corrected chi connectivity index (χ2v) is 10.5. The molecule has 2 aromatic carbocycles. The third-order valence-electron chi connectivity index (χ3n) is 5.74. The Balaban J connectivity index is 2.42. The lowest BCUT2D eigenvalue weighted by Gasteiger charge is -2.35. The van der Waals surface area contributed by atoms with Gasteiger partial charge in [-0.2, -0.15) is 4.31 Å². The van der Waals surface area contributed by atoms with Gasteiger partial charge in [0.05, 0.1) is 19.0 Å². The molecular formula is C25H35NO5S. The molecule has 0 radical (unpaired) electrons. The van der Waals surface area contributed by atoms with E-state index in [1.807, 2.05) is 48.5 Å². The van der Waals surface area contributed by atoms with Gasteiger partial charge in [0.25, 0.3) is 0 Å². The van der Waals surface area contributed by atoms with E-state index in [1.165, 1.54) is 4.31 Å². The predicted octanol–water partition coefficient (Wildman–Crippen LogP) is 4.53. The minimum absolute atomic E-state index is 0.0455. The highest BCUT2D eigenvalue weighted by Gasteiger charge is 2.42. The monoisotopic (exact) mass is 461 g/mol. The number of aliphatic hydroxyl groups excluding tert-OH is 1. The van der Waals surface area contributed by atoms with Gasteiger partial charge >= 0.3 is 0 Å². The fourth-order valence-corrected chi connectivity index (χ4v) is 5.69. The number of sulfonamides is 1. The van der Waals surface area contributed by atoms with Gasteiger partial charge < -0.3 is 14.6 Å². The molecule has 1 N–H and O–H groups in total. The highest BCUT2D eigenvalue weighted by molar-refractivity contribution is 7.90. The lowest BCUT2D eigenvalue weighted by Crippen LogP contribution is -2.46. The Kier molecular flexibility index (Phi) is 9.75. The molecule has 1 atom stereocenters. The van der Waals surface area contributed by atoms with Crippen molar-refractivity contribution in [1.82, 2.24) is 4.31 Å². The lowest BCUT2D eigenvalue weighted by atomic mass is 9.99. The van der Waals surface area contributed by atoms with Gasteiger partial charge in [-0.25, -0.2) is 8.42 Å². The number of aliphatic hydroxyl groups is 1. The molecule has 32 heavy (non-hydrogen) atoms. The zero-order chi connectivity index (χ0) is 23.6. The maximum Gasteiger partial charge on any atom is 0.220 e. The van der Waals surface area contributed by atoms with E-state index in [-0.39, 0.29) is 19.7 Å². The van der Waals surface area contributed by atoms with E-state index in [4.69, 9.17) is 9.47 Å². The first-order valence-electron chi connectivity index (χ1n) is 10.8. The number of hydrogen-bond acceptors (Lipinski definition) is 5. The summed E-state index contributed by atoms with van der Waals surface area (Å²) in [4.78, 5) is 0. The minimum atomic E-state index is -3.72. The van der Waals surface area contributed by atoms with Crippen molar-refractivity contribution in [3.63, 3.8) is 0 Å². The van der Waals surface area contributed by atoms with Crippen molar-refractivity contribution in [3.05, 3.63) is 72.3 Å². The zero-order valence-corrected chi connectivity index (χ0v) is 20.1. The second kappa shape index (κ2) is 12.0. The number of allylic oxidation sites excluding steroid dienone is 1. The molecule has 0 aromatic heterocycles. The van der Waals surface area contributed by atoms with E-state index < -0.39 is 14.8 Å². The second-order valence-electron chi connectivity index (χ2n) is 8.07. The molecule has 7 heteroatoms. The van der Waals surface area contributed by atoms with Crippen LogP contribution in [-0.2, 0) is 23.1 Å². The SMILES string of the molecule is C=CCC[C@@](C)(CCCO)S(=O)(=O)N(Cc1ccc(OC)cc1)Cc1ccc(OC)cc1. The zero-order valence-electron chi connectivity index (χ0n) is 19.3. The van der Waals surface area contributed by atoms with E-state index in [1.54, 1.807) is 27.2 Å². The molecule has 0 aliphatic rings. The van der Waals surface area contributed by atoms with E-state index in [9.17, 15) is 13.5 Å². The molecule has 0 amide bonds. The molecule has 0 fully saturated rings. The molecule has 0 saturated carbocycles. The molecule has 0 spiro atoms. The third-order valence-corrected chi connectivity index (χ3v) is 8.33. The van der Waals surface area contributed by atoms with Crippen LogP contribution in [0.3, 0.4) is 0 Å². The molecular weight excluding hydrogens is 426 g/mol. The molecule has 0 bridgehead atoms. The van der Waals surface area contributed by atoms with Crippen LogP contribution in [0.4, 0.5) is 0 Å². The number of benzene rings is 2. The van der Waals surface area contributed by atoms with Crippen LogP contribution in [0.25, 0.3) is 0 Å². The normalized spacial score (nSPS) is 13.5. The van der Waals surface area contributed by atoms with Crippen LogP contribution in [0.2, 0.25) is 0 Å². The number of methoxy groups -OCH3 is 2. The number of rotatable bonds is 14. The fourth-order valence-electron chi connectivity index (χ4n) is 3.65. The highest BCUT2D eigenvalue weighted by atomic mass is 32.2. The molecule has 0 heterocycles. The highest BCUT2D eigenvalue weighted by Crippen LogP contribution is 2.34. The first-order valence-corrected chi connectivity index (χ1v) is 12.2. The minimum Gasteiger partial charge on any atom is -0.497 e. The first kappa shape index (κ1) is 25.9. The number of nitrogens with zero attached hydrogens (tertiary/aromatic N) is 1. The summed E-state index contributed by atoms with van der Waals surface area (Å²) in [6.07, 6.45) is 3.57. The van der Waals surface area contributed by atoms with Gasteiger partial charge in [0.2, 0.25) is 10.0 Å². The van der Waals surface area contributed by atoms with Gasteiger partial charge in [-0.1, -0.05) is 30.3 Å². The van der Waals surface area contributed by atoms with Crippen LogP contribution >= 0.6 is 0 Å². The summed E-state index contributed by atoms with van der Waals surface area (Å²) < 4.78 is 38.9. The van der Waals surface area contributed by atoms with Gasteiger partial charge in [0.1, 0.15) is 11.5 Å². The first-order chi connectivity index (χ1) is 15.3. The Morgan fingerprint density at radius 1 is 0.938 bits per heavy atom. The van der Waals surface area contributed by atoms with Crippen molar-refractivity contribution < 1.29 is 23.0 Å². The summed E-state index contributed by atoms with van der Waals surface area (Å²) in [5.74, 6) is 1.44. The Hall–Kier alpha value is -2.35. The van der Waals surface area contributed by atoms with Gasteiger partial charge in [0, 0.05) is 19.7 Å². The summed E-state index contributed by atoms with van der Waals surface area (Å²) in [6.45, 7) is 5.96. The van der Waals surface area contributed by atoms with Gasteiger partial charge in [-0.05, 0) is 68.0 Å². The van der Waals surface area contributed by atoms with Gasteiger partial charge in [-0.3, -0.25) is 0 Å². The average Bonchev–Trinajstić information content (AvgIpc) is 2.81. The maximum absolute atomic E-state index is 14.0. The molecule has 0 saturated heterocycles. The summed E-state index contributed by atoms with van der Waals surface area (Å²) in [5.41, 5.74) is 1.74. The summed E-state index contributed by atoms with van der Waals surface area (Å²) in [5, 5.41) is 9.38. The van der Waals surface area contributed by atoms with Crippen molar-refractivity contribution in [3.8, 4) is 11.5 Å². The average molecular weight is 462 g/mol. The van der Waals surface area contributed by atoms with Crippen LogP contribution < -0.4 is 9.47 Å². The summed E-state index contributed by atoms with van der Waals surface area (Å²) >= 11 is 0. The largest absolute Gasteiger partial charge is 0.497 e. The van der Waals surface area contributed by atoms with Gasteiger partial charge in [0.15, 0.2) is 0 Å². The number of hydrogen-bond donors (Lipinski definition) is 1. The van der Waals surface area contributed by atoms with E-state index in [0.29, 0.717) is 25.7 Å². The Morgan fingerprint density at radius 2 is 1.41 bits per heavy atom. The molecule has 176 valence electrons. The topological polar surface area (TPSA) is 76.1 Å². The molecule has 2 rings (SSSR count). The quantitative estimate of drug-likeness (QED) is 0.418. The molecule has 0 aliphatic carbocycles. The smallest absolute Gasteiger partial charge is 0.220 e. The fraction of sp³-hybridized carbons (Fsp3) is 0.440. The van der Waals surface area contributed by atoms with Crippen LogP contribution in [0.1, 0.15) is 43.7 Å². The lowest BCUT2D eigenvalue weighted by molar-refractivity contribution is 0.271. The van der Waals surface area contributed by atoms with Crippen LogP contribution in [-0.4, -0.2) is 43.4 Å². The van der Waals surface area contributed by atoms with E-state index in [0.717, 1.165) is 22.6 Å². The predicted molar refractivity (Wildman–Crippen MR) is 128 cm³/mol. The Labute approximate surface area is 192 Å². The van der Waals surface area contributed by atoms with Crippen molar-refractivity contribution in [2.24, 2.45) is 0 Å². The van der Waals surface area contributed by atoms with Crippen LogP contribution in [0.5, 0.6) is 11.5 Å². The van der Waals surface area contributed by atoms with Crippen molar-refractivity contribution in [2.45, 2.75) is 50.4 Å². The molecule has 0 aliphatic heterocycles. The van der Waals surface area contributed by atoms with Crippen molar-refractivity contribution in [1.29, 1.82) is 0 Å². The Bertz CT molecular complexity index is 892. The van der Waals surface area contributed by atoms with Crippen LogP contribution in [0.15, 0.2) is 61.2 Å². The van der Waals surface area contributed by atoms with E-state index >= 15 is 0 Å². The van der Waals surface area contributed by atoms with Crippen molar-refractivity contribution >= 4 is 10.0 Å². The van der Waals surface area contributed by atoms with Gasteiger partial charge in [-0.15, -0.1) is 6.58 Å². The summed E-state index contributed by atoms with van der Waals surface area (Å²) in [7, 11) is -0.525. The molecule has 0 unspecified atom stereocenters. The van der Waals surface area contributed by atoms with Crippen LogP contribution in [0, 0.1) is 0 Å². The molecule has 2 aromatic rings. The maximum atomic E-state index is 14.0. The summed E-state index contributed by atoms with van der Waals surface area (Å²) in [6, 6.07) is 14.8. The molecule has 6 nitrogen and oxygen atoms in total. The Morgan fingerprint density at radius 3 is 1.78 bits per heavy atom. The number of ether oxygens (including phenoxy) is 2. The van der Waals surface area contributed by atoms with E-state index in [2.05, 4.69) is 6.58 Å². The standard InChI is InChI=1S/C25H35NO5S/c1-5-6-16-25(2,17-7-18-27)32(28,29)26(19-21-8-12-23(30-3)13-9-21)20-22-10-14-24(31-4)15-11-22/h5,8-15,27H,1,6-7,16-20H2,2-4H3/t25-/m0/s1.